The van der Waals surface area contributed by atoms with Crippen LogP contribution in [0.1, 0.15) is 12.6 Å². The predicted octanol–water partition coefficient (Wildman–Crippen LogP) is 0.154. The highest BCUT2D eigenvalue weighted by Gasteiger charge is 1.99. The second-order valence-electron chi connectivity index (χ2n) is 2.36. The van der Waals surface area contributed by atoms with E-state index in [-0.39, 0.29) is 11.2 Å². The van der Waals surface area contributed by atoms with Crippen molar-refractivity contribution in [1.82, 2.24) is 9.78 Å². The zero-order chi connectivity index (χ0) is 8.43. The molecule has 0 unspecified atom stereocenters. The molecule has 0 atom stereocenters. The van der Waals surface area contributed by atoms with E-state index in [1.807, 2.05) is 13.8 Å². The third kappa shape index (κ3) is 1.39. The number of aryl methyl sites for hydroxylation is 2. The maximum absolute atomic E-state index is 11.1. The van der Waals surface area contributed by atoms with Crippen LogP contribution in [0.4, 0.5) is 5.69 Å². The molecule has 0 aliphatic rings. The average molecular weight is 153 g/mol. The largest absolute Gasteiger partial charge is 0.394 e. The summed E-state index contributed by atoms with van der Waals surface area (Å²) in [6, 6.07) is 1.58. The summed E-state index contributed by atoms with van der Waals surface area (Å²) >= 11 is 0. The van der Waals surface area contributed by atoms with Gasteiger partial charge in [-0.15, -0.1) is 0 Å². The summed E-state index contributed by atoms with van der Waals surface area (Å²) in [5, 5.41) is 3.98. The van der Waals surface area contributed by atoms with E-state index in [0.717, 1.165) is 5.69 Å². The van der Waals surface area contributed by atoms with Crippen molar-refractivity contribution in [3.8, 4) is 0 Å². The van der Waals surface area contributed by atoms with Crippen LogP contribution in [0.25, 0.3) is 0 Å². The third-order valence-electron chi connectivity index (χ3n) is 1.42. The second-order valence-corrected chi connectivity index (χ2v) is 2.36. The molecule has 2 N–H and O–H groups in total. The molecule has 0 saturated carbocycles. The number of rotatable bonds is 1. The quantitative estimate of drug-likeness (QED) is 0.624. The van der Waals surface area contributed by atoms with Crippen molar-refractivity contribution >= 4 is 5.69 Å². The highest BCUT2D eigenvalue weighted by atomic mass is 16.1. The number of hydrogen-bond donors (Lipinski definition) is 1. The van der Waals surface area contributed by atoms with Crippen LogP contribution in [0.2, 0.25) is 0 Å². The summed E-state index contributed by atoms with van der Waals surface area (Å²) in [6.07, 6.45) is 0. The minimum absolute atomic E-state index is 0.210. The summed E-state index contributed by atoms with van der Waals surface area (Å²) in [4.78, 5) is 11.1. The van der Waals surface area contributed by atoms with Gasteiger partial charge in [-0.2, -0.15) is 5.10 Å². The first-order valence-corrected chi connectivity index (χ1v) is 3.49. The molecule has 11 heavy (non-hydrogen) atoms. The lowest BCUT2D eigenvalue weighted by Gasteiger charge is -2.02. The van der Waals surface area contributed by atoms with E-state index in [9.17, 15) is 4.79 Å². The third-order valence-corrected chi connectivity index (χ3v) is 1.42. The first-order valence-electron chi connectivity index (χ1n) is 3.49. The predicted molar refractivity (Wildman–Crippen MR) is 43.3 cm³/mol. The zero-order valence-corrected chi connectivity index (χ0v) is 6.66. The minimum Gasteiger partial charge on any atom is -0.394 e. The number of nitrogens with two attached hydrogens (primary N) is 1. The monoisotopic (exact) mass is 153 g/mol. The Balaban J connectivity index is 3.37. The second kappa shape index (κ2) is 2.74. The van der Waals surface area contributed by atoms with Gasteiger partial charge in [-0.1, -0.05) is 0 Å². The van der Waals surface area contributed by atoms with Gasteiger partial charge >= 0.3 is 0 Å². The normalized spacial score (nSPS) is 10.0. The smallest absolute Gasteiger partial charge is 0.289 e. The lowest BCUT2D eigenvalue weighted by atomic mass is 10.4. The van der Waals surface area contributed by atoms with E-state index < -0.39 is 0 Å². The molecule has 4 heteroatoms. The summed E-state index contributed by atoms with van der Waals surface area (Å²) in [5.41, 5.74) is 6.24. The van der Waals surface area contributed by atoms with E-state index in [0.29, 0.717) is 6.54 Å². The Hall–Kier alpha value is -1.32. The highest BCUT2D eigenvalue weighted by Crippen LogP contribution is 1.94. The molecule has 4 nitrogen and oxygen atoms in total. The summed E-state index contributed by atoms with van der Waals surface area (Å²) < 4.78 is 1.35. The van der Waals surface area contributed by atoms with Crippen molar-refractivity contribution < 1.29 is 0 Å². The van der Waals surface area contributed by atoms with Gasteiger partial charge < -0.3 is 5.73 Å². The molecule has 60 valence electrons. The number of aromatic nitrogens is 2. The maximum Gasteiger partial charge on any atom is 0.289 e. The lowest BCUT2D eigenvalue weighted by molar-refractivity contribution is 0.608. The summed E-state index contributed by atoms with van der Waals surface area (Å²) in [5.74, 6) is 0. The van der Waals surface area contributed by atoms with Gasteiger partial charge in [-0.05, 0) is 19.9 Å². The molecule has 1 aromatic heterocycles. The fourth-order valence-corrected chi connectivity index (χ4v) is 0.915. The molecule has 0 fully saturated rings. The molecule has 0 aliphatic carbocycles. The standard InChI is InChI=1S/C7H11N3O/c1-3-10-7(11)6(8)4-5(2)9-10/h4H,3,8H2,1-2H3. The average Bonchev–Trinajstić information content (AvgIpc) is 1.96. The number of anilines is 1. The Morgan fingerprint density at radius 3 is 2.91 bits per heavy atom. The Morgan fingerprint density at radius 1 is 1.73 bits per heavy atom. The van der Waals surface area contributed by atoms with Gasteiger partial charge in [0.25, 0.3) is 5.56 Å². The zero-order valence-electron chi connectivity index (χ0n) is 6.66. The van der Waals surface area contributed by atoms with Crippen molar-refractivity contribution in [1.29, 1.82) is 0 Å². The molecular formula is C7H11N3O. The Morgan fingerprint density at radius 2 is 2.36 bits per heavy atom. The number of hydrogen-bond acceptors (Lipinski definition) is 3. The Labute approximate surface area is 64.6 Å². The van der Waals surface area contributed by atoms with Crippen molar-refractivity contribution in [2.45, 2.75) is 20.4 Å². The molecule has 1 heterocycles. The van der Waals surface area contributed by atoms with E-state index >= 15 is 0 Å². The fraction of sp³-hybridized carbons (Fsp3) is 0.429. The van der Waals surface area contributed by atoms with Crippen LogP contribution in [0, 0.1) is 6.92 Å². The highest BCUT2D eigenvalue weighted by molar-refractivity contribution is 5.34. The van der Waals surface area contributed by atoms with Crippen LogP contribution in [-0.2, 0) is 6.54 Å². The molecule has 0 radical (unpaired) electrons. The molecule has 0 aromatic carbocycles. The van der Waals surface area contributed by atoms with Crippen molar-refractivity contribution in [3.63, 3.8) is 0 Å². The Kier molecular flexibility index (Phi) is 1.94. The van der Waals surface area contributed by atoms with Gasteiger partial charge in [-0.3, -0.25) is 4.79 Å². The fourth-order valence-electron chi connectivity index (χ4n) is 0.915. The van der Waals surface area contributed by atoms with Crippen molar-refractivity contribution in [2.24, 2.45) is 0 Å². The van der Waals surface area contributed by atoms with Gasteiger partial charge in [0, 0.05) is 6.54 Å². The van der Waals surface area contributed by atoms with Crippen LogP contribution < -0.4 is 11.3 Å². The Bertz CT molecular complexity index is 316. The first kappa shape index (κ1) is 7.78. The van der Waals surface area contributed by atoms with Crippen LogP contribution in [-0.4, -0.2) is 9.78 Å². The van der Waals surface area contributed by atoms with Crippen LogP contribution in [0.5, 0.6) is 0 Å². The molecule has 1 aromatic rings. The summed E-state index contributed by atoms with van der Waals surface area (Å²) in [7, 11) is 0. The number of nitrogen functional groups attached to an aromatic ring is 1. The molecule has 1 rings (SSSR count). The van der Waals surface area contributed by atoms with E-state index in [2.05, 4.69) is 5.10 Å². The van der Waals surface area contributed by atoms with Crippen LogP contribution in [0.15, 0.2) is 10.9 Å². The van der Waals surface area contributed by atoms with Crippen LogP contribution >= 0.6 is 0 Å². The lowest BCUT2D eigenvalue weighted by Crippen LogP contribution is -2.25. The first-order chi connectivity index (χ1) is 5.15. The molecule has 0 saturated heterocycles. The van der Waals surface area contributed by atoms with E-state index in [1.165, 1.54) is 4.68 Å². The van der Waals surface area contributed by atoms with Crippen molar-refractivity contribution in [3.05, 3.63) is 22.1 Å². The van der Waals surface area contributed by atoms with Gasteiger partial charge in [0.15, 0.2) is 0 Å². The SMILES string of the molecule is CCn1nc(C)cc(N)c1=O. The molecule has 0 spiro atoms. The molecular weight excluding hydrogens is 142 g/mol. The van der Waals surface area contributed by atoms with Gasteiger partial charge in [-0.25, -0.2) is 4.68 Å². The maximum atomic E-state index is 11.1. The van der Waals surface area contributed by atoms with E-state index in [1.54, 1.807) is 6.07 Å². The van der Waals surface area contributed by atoms with Gasteiger partial charge in [0.2, 0.25) is 0 Å². The molecule has 0 aliphatic heterocycles. The van der Waals surface area contributed by atoms with Gasteiger partial charge in [0.1, 0.15) is 5.69 Å². The minimum atomic E-state index is -0.210. The summed E-state index contributed by atoms with van der Waals surface area (Å²) in [6.45, 7) is 4.22. The van der Waals surface area contributed by atoms with E-state index in [4.69, 9.17) is 5.73 Å². The van der Waals surface area contributed by atoms with Crippen molar-refractivity contribution in [2.75, 3.05) is 5.73 Å². The van der Waals surface area contributed by atoms with Gasteiger partial charge in [0.05, 0.1) is 5.69 Å². The topological polar surface area (TPSA) is 60.9 Å². The molecule has 0 bridgehead atoms. The van der Waals surface area contributed by atoms with Crippen LogP contribution in [0.3, 0.4) is 0 Å². The molecule has 0 amide bonds. The number of nitrogens with zero attached hydrogens (tertiary/aromatic N) is 2.